The number of para-hydroxylation sites is 1. The van der Waals surface area contributed by atoms with Crippen LogP contribution in [0.15, 0.2) is 24.3 Å². The summed E-state index contributed by atoms with van der Waals surface area (Å²) in [4.78, 5) is 17.9. The van der Waals surface area contributed by atoms with Gasteiger partial charge in [0.2, 0.25) is 5.91 Å². The normalized spacial score (nSPS) is 20.3. The Kier molecular flexibility index (Phi) is 4.21. The Balaban J connectivity index is 1.77. The van der Waals surface area contributed by atoms with E-state index in [1.807, 2.05) is 36.9 Å². The van der Waals surface area contributed by atoms with Gasteiger partial charge >= 0.3 is 0 Å². The Morgan fingerprint density at radius 3 is 3.00 bits per heavy atom. The van der Waals surface area contributed by atoms with Crippen molar-refractivity contribution in [3.05, 3.63) is 35.5 Å². The van der Waals surface area contributed by atoms with E-state index in [0.717, 1.165) is 41.5 Å². The molecule has 0 aliphatic carbocycles. The number of carbonyl (C=O) groups excluding carboxylic acids is 1. The third-order valence-corrected chi connectivity index (χ3v) is 4.85. The molecule has 0 spiro atoms. The average molecular weight is 300 g/mol. The van der Waals surface area contributed by atoms with E-state index < -0.39 is 0 Å². The first-order chi connectivity index (χ1) is 10.6. The largest absolute Gasteiger partial charge is 0.393 e. The summed E-state index contributed by atoms with van der Waals surface area (Å²) < 4.78 is 0. The van der Waals surface area contributed by atoms with E-state index in [2.05, 4.69) is 11.1 Å². The van der Waals surface area contributed by atoms with Gasteiger partial charge in [0.1, 0.15) is 0 Å². The monoisotopic (exact) mass is 300 g/mol. The van der Waals surface area contributed by atoms with Crippen molar-refractivity contribution in [2.75, 3.05) is 13.1 Å². The Morgan fingerprint density at radius 1 is 1.45 bits per heavy atom. The number of aromatic amines is 1. The minimum absolute atomic E-state index is 0.165. The highest BCUT2D eigenvalue weighted by atomic mass is 16.3. The number of nitrogens with zero attached hydrogens (tertiary/aromatic N) is 1. The van der Waals surface area contributed by atoms with Crippen LogP contribution in [-0.2, 0) is 11.2 Å². The average Bonchev–Trinajstić information content (AvgIpc) is 2.83. The molecule has 1 aromatic heterocycles. The van der Waals surface area contributed by atoms with Gasteiger partial charge in [-0.25, -0.2) is 0 Å². The van der Waals surface area contributed by atoms with Crippen molar-refractivity contribution in [1.29, 1.82) is 0 Å². The van der Waals surface area contributed by atoms with Gasteiger partial charge in [-0.1, -0.05) is 18.2 Å². The molecule has 1 saturated heterocycles. The summed E-state index contributed by atoms with van der Waals surface area (Å²) in [6.45, 7) is 5.33. The Labute approximate surface area is 131 Å². The van der Waals surface area contributed by atoms with Crippen molar-refractivity contribution < 1.29 is 9.90 Å². The van der Waals surface area contributed by atoms with Crippen LogP contribution in [0.2, 0.25) is 0 Å². The maximum Gasteiger partial charge on any atom is 0.227 e. The van der Waals surface area contributed by atoms with E-state index in [4.69, 9.17) is 0 Å². The number of hydrogen-bond acceptors (Lipinski definition) is 2. The minimum atomic E-state index is -0.342. The molecule has 22 heavy (non-hydrogen) atoms. The molecule has 0 radical (unpaired) electrons. The predicted molar refractivity (Wildman–Crippen MR) is 87.7 cm³/mol. The van der Waals surface area contributed by atoms with Crippen LogP contribution in [0.3, 0.4) is 0 Å². The Hall–Kier alpha value is -1.81. The highest BCUT2D eigenvalue weighted by Crippen LogP contribution is 2.25. The molecule has 1 fully saturated rings. The smallest absolute Gasteiger partial charge is 0.227 e. The molecule has 4 nitrogen and oxygen atoms in total. The number of carbonyl (C=O) groups is 1. The van der Waals surface area contributed by atoms with E-state index in [0.29, 0.717) is 13.0 Å². The first kappa shape index (κ1) is 15.1. The first-order valence-electron chi connectivity index (χ1n) is 8.08. The van der Waals surface area contributed by atoms with Crippen molar-refractivity contribution in [2.24, 2.45) is 5.92 Å². The zero-order valence-electron chi connectivity index (χ0n) is 13.3. The molecule has 2 N–H and O–H groups in total. The number of aryl methyl sites for hydroxylation is 1. The van der Waals surface area contributed by atoms with Crippen molar-refractivity contribution >= 4 is 16.8 Å². The number of amides is 1. The quantitative estimate of drug-likeness (QED) is 0.915. The van der Waals surface area contributed by atoms with Gasteiger partial charge < -0.3 is 15.0 Å². The number of aromatic nitrogens is 1. The van der Waals surface area contributed by atoms with E-state index in [1.165, 1.54) is 0 Å². The maximum atomic E-state index is 12.7. The van der Waals surface area contributed by atoms with E-state index in [-0.39, 0.29) is 17.9 Å². The van der Waals surface area contributed by atoms with Gasteiger partial charge in [0.25, 0.3) is 0 Å². The van der Waals surface area contributed by atoms with Gasteiger partial charge in [0.05, 0.1) is 12.5 Å². The van der Waals surface area contributed by atoms with Crippen LogP contribution in [0.1, 0.15) is 31.0 Å². The van der Waals surface area contributed by atoms with Crippen molar-refractivity contribution in [3.8, 4) is 0 Å². The summed E-state index contributed by atoms with van der Waals surface area (Å²) in [7, 11) is 0. The van der Waals surface area contributed by atoms with Gasteiger partial charge in [-0.05, 0) is 38.3 Å². The molecule has 1 amide bonds. The number of hydrogen-bond donors (Lipinski definition) is 2. The number of rotatable bonds is 3. The Morgan fingerprint density at radius 2 is 2.23 bits per heavy atom. The molecular formula is C18H24N2O2. The van der Waals surface area contributed by atoms with Crippen LogP contribution >= 0.6 is 0 Å². The minimum Gasteiger partial charge on any atom is -0.393 e. The van der Waals surface area contributed by atoms with Crippen LogP contribution in [0.25, 0.3) is 10.9 Å². The second kappa shape index (κ2) is 6.13. The third-order valence-electron chi connectivity index (χ3n) is 4.85. The number of piperidine rings is 1. The second-order valence-corrected chi connectivity index (χ2v) is 6.43. The standard InChI is InChI=1S/C18H24N2O2/c1-12-16(15-7-3-4-8-17(15)19-12)10-18(22)20-9-5-6-14(11-20)13(2)21/h3-4,7-8,13-14,19,21H,5-6,9-11H2,1-2H3. The maximum absolute atomic E-state index is 12.7. The highest BCUT2D eigenvalue weighted by molar-refractivity contribution is 5.90. The second-order valence-electron chi connectivity index (χ2n) is 6.43. The fraction of sp³-hybridized carbons (Fsp3) is 0.500. The lowest BCUT2D eigenvalue weighted by Gasteiger charge is -2.34. The lowest BCUT2D eigenvalue weighted by atomic mass is 9.93. The number of aliphatic hydroxyl groups excluding tert-OH is 1. The molecule has 0 bridgehead atoms. The number of nitrogens with one attached hydrogen (secondary N) is 1. The van der Waals surface area contributed by atoms with Gasteiger partial charge in [-0.2, -0.15) is 0 Å². The van der Waals surface area contributed by atoms with Crippen LogP contribution in [-0.4, -0.2) is 40.1 Å². The number of aliphatic hydroxyl groups is 1. The van der Waals surface area contributed by atoms with Gasteiger partial charge in [0.15, 0.2) is 0 Å². The summed E-state index contributed by atoms with van der Waals surface area (Å²) in [5.74, 6) is 0.375. The SMILES string of the molecule is Cc1[nH]c2ccccc2c1CC(=O)N1CCCC(C(C)O)C1. The number of H-pyrrole nitrogens is 1. The summed E-state index contributed by atoms with van der Waals surface area (Å²) in [5.41, 5.74) is 3.25. The molecule has 3 rings (SSSR count). The summed E-state index contributed by atoms with van der Waals surface area (Å²) in [6, 6.07) is 8.12. The zero-order chi connectivity index (χ0) is 15.7. The fourth-order valence-corrected chi connectivity index (χ4v) is 3.46. The summed E-state index contributed by atoms with van der Waals surface area (Å²) >= 11 is 0. The highest BCUT2D eigenvalue weighted by Gasteiger charge is 2.27. The number of fused-ring (bicyclic) bond motifs is 1. The lowest BCUT2D eigenvalue weighted by Crippen LogP contribution is -2.43. The van der Waals surface area contributed by atoms with Crippen LogP contribution in [0, 0.1) is 12.8 Å². The van der Waals surface area contributed by atoms with Crippen molar-refractivity contribution in [1.82, 2.24) is 9.88 Å². The lowest BCUT2D eigenvalue weighted by molar-refractivity contribution is -0.133. The summed E-state index contributed by atoms with van der Waals surface area (Å²) in [6.07, 6.45) is 2.08. The van der Waals surface area contributed by atoms with Gasteiger partial charge in [0, 0.05) is 35.6 Å². The topological polar surface area (TPSA) is 56.3 Å². The first-order valence-corrected chi connectivity index (χ1v) is 8.08. The zero-order valence-corrected chi connectivity index (χ0v) is 13.3. The molecular weight excluding hydrogens is 276 g/mol. The van der Waals surface area contributed by atoms with Crippen molar-refractivity contribution in [2.45, 2.75) is 39.2 Å². The number of likely N-dealkylation sites (tertiary alicyclic amines) is 1. The van der Waals surface area contributed by atoms with Crippen LogP contribution < -0.4 is 0 Å². The van der Waals surface area contributed by atoms with E-state index in [9.17, 15) is 9.90 Å². The van der Waals surface area contributed by atoms with Gasteiger partial charge in [-0.3, -0.25) is 4.79 Å². The molecule has 1 aliphatic heterocycles. The van der Waals surface area contributed by atoms with E-state index >= 15 is 0 Å². The van der Waals surface area contributed by atoms with Crippen LogP contribution in [0.4, 0.5) is 0 Å². The molecule has 2 unspecified atom stereocenters. The molecule has 1 aromatic carbocycles. The Bertz CT molecular complexity index is 675. The molecule has 1 aliphatic rings. The molecule has 2 aromatic rings. The third kappa shape index (κ3) is 2.88. The fourth-order valence-electron chi connectivity index (χ4n) is 3.46. The molecule has 2 heterocycles. The molecule has 4 heteroatoms. The number of benzene rings is 1. The predicted octanol–water partition coefficient (Wildman–Crippen LogP) is 2.64. The summed E-state index contributed by atoms with van der Waals surface area (Å²) in [5, 5.41) is 10.9. The molecule has 2 atom stereocenters. The van der Waals surface area contributed by atoms with Crippen molar-refractivity contribution in [3.63, 3.8) is 0 Å². The van der Waals surface area contributed by atoms with E-state index in [1.54, 1.807) is 0 Å². The molecule has 118 valence electrons. The molecule has 0 saturated carbocycles. The van der Waals surface area contributed by atoms with Gasteiger partial charge in [-0.15, -0.1) is 0 Å². The van der Waals surface area contributed by atoms with Crippen LogP contribution in [0.5, 0.6) is 0 Å².